The standard InChI is InChI=1S/C14H18BrNO2S/c15-13-5-2-12(3-6-13)4-7-14(18)16-8-11-19-10-1-9-17/h2-7,17H,1,8-11H2,(H,16,18)/b7-4+. The second kappa shape index (κ2) is 10.1. The van der Waals surface area contributed by atoms with Crippen molar-refractivity contribution in [3.8, 4) is 0 Å². The van der Waals surface area contributed by atoms with E-state index in [4.69, 9.17) is 5.11 Å². The molecule has 0 saturated heterocycles. The molecule has 0 bridgehead atoms. The first kappa shape index (κ1) is 16.3. The number of nitrogens with one attached hydrogen (secondary N) is 1. The van der Waals surface area contributed by atoms with Crippen molar-refractivity contribution in [2.75, 3.05) is 24.7 Å². The minimum Gasteiger partial charge on any atom is -0.396 e. The average molecular weight is 344 g/mol. The molecule has 1 aromatic rings. The smallest absolute Gasteiger partial charge is 0.244 e. The third-order valence-corrected chi connectivity index (χ3v) is 3.89. The van der Waals surface area contributed by atoms with Crippen LogP contribution in [0.15, 0.2) is 34.8 Å². The molecule has 0 fully saturated rings. The summed E-state index contributed by atoms with van der Waals surface area (Å²) in [5, 5.41) is 11.4. The minimum absolute atomic E-state index is 0.0781. The van der Waals surface area contributed by atoms with Gasteiger partial charge < -0.3 is 10.4 Å². The molecule has 2 N–H and O–H groups in total. The Kier molecular flexibility index (Phi) is 8.62. The molecule has 0 aliphatic heterocycles. The van der Waals surface area contributed by atoms with Gasteiger partial charge in [0.1, 0.15) is 0 Å². The fourth-order valence-corrected chi connectivity index (χ4v) is 2.37. The molecule has 104 valence electrons. The zero-order valence-corrected chi connectivity index (χ0v) is 13.0. The lowest BCUT2D eigenvalue weighted by atomic mass is 10.2. The Bertz CT molecular complexity index is 406. The molecule has 3 nitrogen and oxygen atoms in total. The van der Waals surface area contributed by atoms with Crippen molar-refractivity contribution in [2.24, 2.45) is 0 Å². The number of halogens is 1. The van der Waals surface area contributed by atoms with E-state index in [1.165, 1.54) is 0 Å². The quantitative estimate of drug-likeness (QED) is 0.563. The summed E-state index contributed by atoms with van der Waals surface area (Å²) in [5.74, 6) is 1.73. The number of hydrogen-bond donors (Lipinski definition) is 2. The number of aliphatic hydroxyl groups is 1. The monoisotopic (exact) mass is 343 g/mol. The molecule has 0 heterocycles. The summed E-state index contributed by atoms with van der Waals surface area (Å²) in [7, 11) is 0. The van der Waals surface area contributed by atoms with Gasteiger partial charge in [-0.3, -0.25) is 4.79 Å². The highest BCUT2D eigenvalue weighted by molar-refractivity contribution is 9.10. The van der Waals surface area contributed by atoms with Crippen LogP contribution in [-0.2, 0) is 4.79 Å². The molecular weight excluding hydrogens is 326 g/mol. The first-order valence-corrected chi connectivity index (χ1v) is 8.07. The maximum absolute atomic E-state index is 11.5. The minimum atomic E-state index is -0.0781. The predicted octanol–water partition coefficient (Wildman–Crippen LogP) is 2.69. The summed E-state index contributed by atoms with van der Waals surface area (Å²) in [5.41, 5.74) is 0.996. The number of hydrogen-bond acceptors (Lipinski definition) is 3. The second-order valence-corrected chi connectivity index (χ2v) is 6.01. The Morgan fingerprint density at radius 2 is 2.05 bits per heavy atom. The average Bonchev–Trinajstić information content (AvgIpc) is 2.42. The highest BCUT2D eigenvalue weighted by atomic mass is 79.9. The zero-order valence-electron chi connectivity index (χ0n) is 10.6. The number of rotatable bonds is 8. The first-order valence-electron chi connectivity index (χ1n) is 6.12. The van der Waals surface area contributed by atoms with Crippen molar-refractivity contribution < 1.29 is 9.90 Å². The predicted molar refractivity (Wildman–Crippen MR) is 85.2 cm³/mol. The summed E-state index contributed by atoms with van der Waals surface area (Å²) < 4.78 is 1.02. The summed E-state index contributed by atoms with van der Waals surface area (Å²) in [6.07, 6.45) is 4.14. The van der Waals surface area contributed by atoms with Crippen molar-refractivity contribution >= 4 is 39.7 Å². The van der Waals surface area contributed by atoms with Gasteiger partial charge >= 0.3 is 0 Å². The topological polar surface area (TPSA) is 49.3 Å². The number of thioether (sulfide) groups is 1. The van der Waals surface area contributed by atoms with Gasteiger partial charge in [0.05, 0.1) is 0 Å². The fraction of sp³-hybridized carbons (Fsp3) is 0.357. The van der Waals surface area contributed by atoms with E-state index in [1.807, 2.05) is 24.3 Å². The number of amides is 1. The molecule has 0 unspecified atom stereocenters. The molecule has 0 atom stereocenters. The number of benzene rings is 1. The Hall–Kier alpha value is -0.780. The molecule has 0 aliphatic carbocycles. The first-order chi connectivity index (χ1) is 9.22. The van der Waals surface area contributed by atoms with Gasteiger partial charge in [-0.25, -0.2) is 0 Å². The second-order valence-electron chi connectivity index (χ2n) is 3.87. The largest absolute Gasteiger partial charge is 0.396 e. The highest BCUT2D eigenvalue weighted by Crippen LogP contribution is 2.11. The number of carbonyl (C=O) groups is 1. The third-order valence-electron chi connectivity index (χ3n) is 2.29. The van der Waals surface area contributed by atoms with Crippen LogP contribution in [0.25, 0.3) is 6.08 Å². The van der Waals surface area contributed by atoms with E-state index in [-0.39, 0.29) is 12.5 Å². The van der Waals surface area contributed by atoms with E-state index in [0.717, 1.165) is 28.0 Å². The van der Waals surface area contributed by atoms with Gasteiger partial charge in [0.25, 0.3) is 0 Å². The van der Waals surface area contributed by atoms with Crippen LogP contribution in [0.3, 0.4) is 0 Å². The molecule has 1 rings (SSSR count). The Balaban J connectivity index is 2.18. The zero-order chi connectivity index (χ0) is 13.9. The lowest BCUT2D eigenvalue weighted by Gasteiger charge is -2.01. The van der Waals surface area contributed by atoms with Crippen molar-refractivity contribution in [2.45, 2.75) is 6.42 Å². The third kappa shape index (κ3) is 8.08. The Labute approximate surface area is 126 Å². The van der Waals surface area contributed by atoms with Crippen LogP contribution in [0, 0.1) is 0 Å². The van der Waals surface area contributed by atoms with E-state index < -0.39 is 0 Å². The summed E-state index contributed by atoms with van der Waals surface area (Å²) in [6.45, 7) is 0.884. The SMILES string of the molecule is O=C(/C=C/c1ccc(Br)cc1)NCCSCCCO. The summed E-state index contributed by atoms with van der Waals surface area (Å²) in [4.78, 5) is 11.5. The van der Waals surface area contributed by atoms with E-state index in [0.29, 0.717) is 6.54 Å². The van der Waals surface area contributed by atoms with Gasteiger partial charge in [-0.1, -0.05) is 28.1 Å². The van der Waals surface area contributed by atoms with E-state index in [2.05, 4.69) is 21.2 Å². The van der Waals surface area contributed by atoms with Gasteiger partial charge in [0, 0.05) is 29.5 Å². The molecule has 5 heteroatoms. The molecule has 0 spiro atoms. The fourth-order valence-electron chi connectivity index (χ4n) is 1.32. The van der Waals surface area contributed by atoms with Crippen molar-refractivity contribution in [3.05, 3.63) is 40.4 Å². The molecule has 1 amide bonds. The maximum atomic E-state index is 11.5. The lowest BCUT2D eigenvalue weighted by molar-refractivity contribution is -0.116. The summed E-state index contributed by atoms with van der Waals surface area (Å²) in [6, 6.07) is 7.77. The van der Waals surface area contributed by atoms with E-state index in [1.54, 1.807) is 23.9 Å². The van der Waals surface area contributed by atoms with Crippen LogP contribution in [-0.4, -0.2) is 35.7 Å². The Morgan fingerprint density at radius 3 is 2.74 bits per heavy atom. The van der Waals surface area contributed by atoms with Crippen LogP contribution in [0.4, 0.5) is 0 Å². The van der Waals surface area contributed by atoms with E-state index >= 15 is 0 Å². The van der Waals surface area contributed by atoms with Crippen LogP contribution < -0.4 is 5.32 Å². The number of carbonyl (C=O) groups excluding carboxylic acids is 1. The molecular formula is C14H18BrNO2S. The normalized spacial score (nSPS) is 10.8. The Morgan fingerprint density at radius 1 is 1.32 bits per heavy atom. The molecule has 19 heavy (non-hydrogen) atoms. The van der Waals surface area contributed by atoms with Crippen molar-refractivity contribution in [1.29, 1.82) is 0 Å². The van der Waals surface area contributed by atoms with Crippen molar-refractivity contribution in [3.63, 3.8) is 0 Å². The van der Waals surface area contributed by atoms with Gasteiger partial charge in [-0.2, -0.15) is 11.8 Å². The summed E-state index contributed by atoms with van der Waals surface area (Å²) >= 11 is 5.10. The van der Waals surface area contributed by atoms with Gasteiger partial charge in [-0.15, -0.1) is 0 Å². The van der Waals surface area contributed by atoms with Gasteiger partial charge in [0.15, 0.2) is 0 Å². The molecule has 1 aromatic carbocycles. The van der Waals surface area contributed by atoms with Gasteiger partial charge in [-0.05, 0) is 35.9 Å². The van der Waals surface area contributed by atoms with Crippen LogP contribution in [0.1, 0.15) is 12.0 Å². The molecule has 0 aromatic heterocycles. The van der Waals surface area contributed by atoms with Crippen LogP contribution in [0.5, 0.6) is 0 Å². The van der Waals surface area contributed by atoms with Gasteiger partial charge in [0.2, 0.25) is 5.91 Å². The van der Waals surface area contributed by atoms with E-state index in [9.17, 15) is 4.79 Å². The molecule has 0 saturated carbocycles. The highest BCUT2D eigenvalue weighted by Gasteiger charge is 1.95. The van der Waals surface area contributed by atoms with Crippen molar-refractivity contribution in [1.82, 2.24) is 5.32 Å². The number of aliphatic hydroxyl groups excluding tert-OH is 1. The van der Waals surface area contributed by atoms with Crippen LogP contribution in [0.2, 0.25) is 0 Å². The molecule has 0 aliphatic rings. The van der Waals surface area contributed by atoms with Crippen LogP contribution >= 0.6 is 27.7 Å². The lowest BCUT2D eigenvalue weighted by Crippen LogP contribution is -2.23. The molecule has 0 radical (unpaired) electrons. The maximum Gasteiger partial charge on any atom is 0.244 e.